The fourth-order valence-electron chi connectivity index (χ4n) is 3.36. The van der Waals surface area contributed by atoms with Gasteiger partial charge in [-0.2, -0.15) is 13.2 Å². The van der Waals surface area contributed by atoms with E-state index in [4.69, 9.17) is 16.0 Å². The summed E-state index contributed by atoms with van der Waals surface area (Å²) in [7, 11) is 1.47. The largest absolute Gasteiger partial charge is 0.455 e. The highest BCUT2D eigenvalue weighted by Gasteiger charge is 2.33. The van der Waals surface area contributed by atoms with Crippen molar-refractivity contribution < 1.29 is 26.8 Å². The lowest BCUT2D eigenvalue weighted by atomic mass is 9.99. The molecular formula is C23H14ClF4NO2. The number of amides is 1. The van der Waals surface area contributed by atoms with E-state index < -0.39 is 28.5 Å². The first kappa shape index (κ1) is 20.9. The molecule has 0 bridgehead atoms. The van der Waals surface area contributed by atoms with E-state index in [1.807, 2.05) is 0 Å². The number of alkyl halides is 3. The van der Waals surface area contributed by atoms with E-state index in [9.17, 15) is 22.4 Å². The Morgan fingerprint density at radius 3 is 2.16 bits per heavy atom. The van der Waals surface area contributed by atoms with Crippen molar-refractivity contribution in [3.8, 4) is 22.5 Å². The summed E-state index contributed by atoms with van der Waals surface area (Å²) in [6.07, 6.45) is -4.55. The third-order valence-corrected chi connectivity index (χ3v) is 5.17. The number of hydrogen-bond donors (Lipinski definition) is 1. The monoisotopic (exact) mass is 447 g/mol. The van der Waals surface area contributed by atoms with Gasteiger partial charge in [0, 0.05) is 18.0 Å². The lowest BCUT2D eigenvalue weighted by Gasteiger charge is -2.10. The molecule has 0 spiro atoms. The predicted octanol–water partition coefficient (Wildman–Crippen LogP) is 6.94. The van der Waals surface area contributed by atoms with Crippen LogP contribution in [0.1, 0.15) is 15.9 Å². The Kier molecular flexibility index (Phi) is 5.23. The lowest BCUT2D eigenvalue weighted by Crippen LogP contribution is -2.18. The number of furan rings is 1. The Morgan fingerprint density at radius 1 is 0.935 bits per heavy atom. The van der Waals surface area contributed by atoms with E-state index in [2.05, 4.69) is 5.32 Å². The van der Waals surface area contributed by atoms with Crippen molar-refractivity contribution in [2.24, 2.45) is 0 Å². The third-order valence-electron chi connectivity index (χ3n) is 4.86. The summed E-state index contributed by atoms with van der Waals surface area (Å²) in [6.45, 7) is 0. The smallest absolute Gasteiger partial charge is 0.417 e. The first-order chi connectivity index (χ1) is 14.7. The van der Waals surface area contributed by atoms with Crippen molar-refractivity contribution in [3.63, 3.8) is 0 Å². The molecule has 1 N–H and O–H groups in total. The summed E-state index contributed by atoms with van der Waals surface area (Å²) in [4.78, 5) is 12.6. The van der Waals surface area contributed by atoms with Crippen LogP contribution in [-0.4, -0.2) is 13.0 Å². The van der Waals surface area contributed by atoms with Crippen LogP contribution in [0.5, 0.6) is 0 Å². The minimum atomic E-state index is -4.55. The Bertz CT molecular complexity index is 1290. The van der Waals surface area contributed by atoms with Gasteiger partial charge in [-0.3, -0.25) is 4.79 Å². The average Bonchev–Trinajstić information content (AvgIpc) is 3.11. The molecule has 0 aliphatic heterocycles. The van der Waals surface area contributed by atoms with Crippen LogP contribution >= 0.6 is 11.6 Å². The van der Waals surface area contributed by atoms with E-state index in [0.29, 0.717) is 27.7 Å². The molecule has 3 nitrogen and oxygen atoms in total. The number of halogens is 5. The van der Waals surface area contributed by atoms with Gasteiger partial charge in [-0.25, -0.2) is 4.39 Å². The highest BCUT2D eigenvalue weighted by molar-refractivity contribution is 6.31. The summed E-state index contributed by atoms with van der Waals surface area (Å²) >= 11 is 5.85. The Morgan fingerprint density at radius 2 is 1.55 bits per heavy atom. The van der Waals surface area contributed by atoms with Crippen molar-refractivity contribution in [2.45, 2.75) is 6.18 Å². The molecule has 1 aromatic heterocycles. The Balaban J connectivity index is 1.88. The van der Waals surface area contributed by atoms with Crippen LogP contribution in [-0.2, 0) is 6.18 Å². The second-order valence-corrected chi connectivity index (χ2v) is 7.20. The minimum Gasteiger partial charge on any atom is -0.455 e. The molecule has 4 rings (SSSR count). The Hall–Kier alpha value is -3.32. The van der Waals surface area contributed by atoms with Crippen molar-refractivity contribution in [1.29, 1.82) is 0 Å². The lowest BCUT2D eigenvalue weighted by molar-refractivity contribution is -0.137. The predicted molar refractivity (Wildman–Crippen MR) is 110 cm³/mol. The first-order valence-corrected chi connectivity index (χ1v) is 9.48. The molecule has 158 valence electrons. The molecule has 0 saturated carbocycles. The fraction of sp³-hybridized carbons (Fsp3) is 0.0870. The molecule has 0 unspecified atom stereocenters. The van der Waals surface area contributed by atoms with E-state index in [0.717, 1.165) is 6.07 Å². The number of hydrogen-bond acceptors (Lipinski definition) is 2. The maximum Gasteiger partial charge on any atom is 0.417 e. The number of rotatable bonds is 3. The standard InChI is InChI=1S/C23H14ClF4NO2/c1-29-22(30)20-16-10-13(14-4-8-17(18(24)11-14)23(26,27)28)5-9-19(16)31-21(20)12-2-6-15(25)7-3-12/h2-11H,1H3,(H,29,30). The van der Waals surface area contributed by atoms with E-state index >= 15 is 0 Å². The average molecular weight is 448 g/mol. The second-order valence-electron chi connectivity index (χ2n) is 6.80. The maximum atomic E-state index is 13.3. The number of nitrogens with one attached hydrogen (secondary N) is 1. The molecule has 31 heavy (non-hydrogen) atoms. The molecule has 1 amide bonds. The van der Waals surface area contributed by atoms with Gasteiger partial charge in [0.25, 0.3) is 5.91 Å². The summed E-state index contributed by atoms with van der Waals surface area (Å²) in [5, 5.41) is 2.60. The normalized spacial score (nSPS) is 11.7. The zero-order valence-corrected chi connectivity index (χ0v) is 16.7. The van der Waals surface area contributed by atoms with E-state index in [-0.39, 0.29) is 11.3 Å². The fourth-order valence-corrected chi connectivity index (χ4v) is 3.64. The van der Waals surface area contributed by atoms with Crippen LogP contribution in [0.4, 0.5) is 17.6 Å². The molecule has 1 heterocycles. The summed E-state index contributed by atoms with van der Waals surface area (Å²) < 4.78 is 58.2. The van der Waals surface area contributed by atoms with Gasteiger partial charge in [0.1, 0.15) is 17.2 Å². The summed E-state index contributed by atoms with van der Waals surface area (Å²) in [5.74, 6) is -0.583. The highest BCUT2D eigenvalue weighted by Crippen LogP contribution is 2.39. The Labute approximate surface area is 179 Å². The third kappa shape index (κ3) is 3.88. The molecule has 0 fully saturated rings. The van der Waals surface area contributed by atoms with Crippen LogP contribution < -0.4 is 5.32 Å². The number of carbonyl (C=O) groups is 1. The van der Waals surface area contributed by atoms with Crippen LogP contribution in [0.2, 0.25) is 5.02 Å². The van der Waals surface area contributed by atoms with E-state index in [1.54, 1.807) is 18.2 Å². The molecule has 4 aromatic rings. The minimum absolute atomic E-state index is 0.240. The number of fused-ring (bicyclic) bond motifs is 1. The molecule has 0 saturated heterocycles. The summed E-state index contributed by atoms with van der Waals surface area (Å²) in [5.41, 5.74) is 1.23. The van der Waals surface area contributed by atoms with Crippen LogP contribution in [0.15, 0.2) is 65.1 Å². The number of benzene rings is 3. The number of carbonyl (C=O) groups excluding carboxylic acids is 1. The van der Waals surface area contributed by atoms with Gasteiger partial charge in [-0.1, -0.05) is 23.7 Å². The van der Waals surface area contributed by atoms with Crippen molar-refractivity contribution in [2.75, 3.05) is 7.05 Å². The van der Waals surface area contributed by atoms with Gasteiger partial charge in [-0.15, -0.1) is 0 Å². The quantitative estimate of drug-likeness (QED) is 0.346. The molecular weight excluding hydrogens is 434 g/mol. The molecule has 0 atom stereocenters. The molecule has 0 aliphatic carbocycles. The van der Waals surface area contributed by atoms with Crippen LogP contribution in [0, 0.1) is 5.82 Å². The van der Waals surface area contributed by atoms with Gasteiger partial charge in [0.05, 0.1) is 16.1 Å². The van der Waals surface area contributed by atoms with Gasteiger partial charge in [0.2, 0.25) is 0 Å². The molecule has 8 heteroatoms. The van der Waals surface area contributed by atoms with Crippen molar-refractivity contribution in [1.82, 2.24) is 5.32 Å². The molecule has 0 aliphatic rings. The molecule has 0 radical (unpaired) electrons. The zero-order valence-electron chi connectivity index (χ0n) is 16.0. The maximum absolute atomic E-state index is 13.3. The van der Waals surface area contributed by atoms with Crippen LogP contribution in [0.3, 0.4) is 0 Å². The van der Waals surface area contributed by atoms with Gasteiger partial charge in [-0.05, 0) is 59.7 Å². The summed E-state index contributed by atoms with van der Waals surface area (Å²) in [6, 6.07) is 13.9. The van der Waals surface area contributed by atoms with Gasteiger partial charge >= 0.3 is 6.18 Å². The zero-order chi connectivity index (χ0) is 22.3. The second kappa shape index (κ2) is 7.74. The topological polar surface area (TPSA) is 42.2 Å². The van der Waals surface area contributed by atoms with Crippen LogP contribution in [0.25, 0.3) is 33.4 Å². The van der Waals surface area contributed by atoms with Crippen molar-refractivity contribution in [3.05, 3.63) is 82.6 Å². The highest BCUT2D eigenvalue weighted by atomic mass is 35.5. The van der Waals surface area contributed by atoms with Crippen molar-refractivity contribution >= 4 is 28.5 Å². The SMILES string of the molecule is CNC(=O)c1c(-c2ccc(F)cc2)oc2ccc(-c3ccc(C(F)(F)F)c(Cl)c3)cc12. The first-order valence-electron chi connectivity index (χ1n) is 9.10. The van der Waals surface area contributed by atoms with Gasteiger partial charge in [0.15, 0.2) is 0 Å². The molecule has 3 aromatic carbocycles. The van der Waals surface area contributed by atoms with Gasteiger partial charge < -0.3 is 9.73 Å². The van der Waals surface area contributed by atoms with E-state index in [1.165, 1.54) is 43.4 Å².